The lowest BCUT2D eigenvalue weighted by molar-refractivity contribution is 0.954. The number of aryl methyl sites for hydroxylation is 1. The highest BCUT2D eigenvalue weighted by Crippen LogP contribution is 2.24. The lowest BCUT2D eigenvalue weighted by Crippen LogP contribution is -2.10. The van der Waals surface area contributed by atoms with Gasteiger partial charge >= 0.3 is 0 Å². The molecule has 0 saturated carbocycles. The summed E-state index contributed by atoms with van der Waals surface area (Å²) in [6, 6.07) is 17.9. The predicted octanol–water partition coefficient (Wildman–Crippen LogP) is 4.69. The van der Waals surface area contributed by atoms with E-state index < -0.39 is 0 Å². The maximum absolute atomic E-state index is 9.41. The molecule has 19 heavy (non-hydrogen) atoms. The number of nitrogens with one attached hydrogen (secondary N) is 1. The van der Waals surface area contributed by atoms with Crippen LogP contribution in [0.25, 0.3) is 0 Å². The smallest absolute Gasteiger partial charge is 0.140 e. The maximum atomic E-state index is 9.41. The molecule has 0 spiro atoms. The van der Waals surface area contributed by atoms with Crippen molar-refractivity contribution >= 4 is 21.6 Å². The summed E-state index contributed by atoms with van der Waals surface area (Å²) in [5.41, 5.74) is 3.19. The van der Waals surface area contributed by atoms with Gasteiger partial charge in [0, 0.05) is 10.2 Å². The van der Waals surface area contributed by atoms with E-state index in [0.29, 0.717) is 0 Å². The number of benzene rings is 2. The van der Waals surface area contributed by atoms with E-state index >= 15 is 0 Å². The fourth-order valence-corrected chi connectivity index (χ4v) is 2.46. The molecule has 3 heteroatoms. The molecular weight excluding hydrogens is 300 g/mol. The first-order valence-corrected chi connectivity index (χ1v) is 7.03. The lowest BCUT2D eigenvalue weighted by atomic mass is 9.99. The highest BCUT2D eigenvalue weighted by atomic mass is 79.9. The summed E-state index contributed by atoms with van der Waals surface area (Å²) in [7, 11) is 0. The van der Waals surface area contributed by atoms with E-state index in [-0.39, 0.29) is 6.04 Å². The van der Waals surface area contributed by atoms with Gasteiger partial charge in [-0.15, -0.1) is 0 Å². The molecule has 0 aliphatic rings. The van der Waals surface area contributed by atoms with E-state index in [1.54, 1.807) is 0 Å². The zero-order valence-electron chi connectivity index (χ0n) is 10.7. The average molecular weight is 315 g/mol. The monoisotopic (exact) mass is 314 g/mol. The lowest BCUT2D eigenvalue weighted by Gasteiger charge is -2.16. The Bertz CT molecular complexity index is 602. The average Bonchev–Trinajstić information content (AvgIpc) is 2.45. The quantitative estimate of drug-likeness (QED) is 0.888. The molecule has 1 unspecified atom stereocenters. The molecule has 1 N–H and O–H groups in total. The number of nitrogens with zero attached hydrogens (tertiary/aromatic N) is 1. The molecule has 0 saturated heterocycles. The molecule has 2 aromatic rings. The molecule has 0 aliphatic heterocycles. The van der Waals surface area contributed by atoms with Crippen molar-refractivity contribution in [3.8, 4) is 6.07 Å². The van der Waals surface area contributed by atoms with E-state index in [1.807, 2.05) is 42.5 Å². The van der Waals surface area contributed by atoms with Gasteiger partial charge in [0.1, 0.15) is 6.04 Å². The Morgan fingerprint density at radius 1 is 1.21 bits per heavy atom. The standard InChI is InChI=1S/C16H15BrN2/c1-2-12-6-3-4-9-15(12)16(11-18)19-14-8-5-7-13(17)10-14/h3-10,16,19H,2H2,1H3. The third-order valence-corrected chi connectivity index (χ3v) is 3.50. The van der Waals surface area contributed by atoms with Crippen molar-refractivity contribution in [3.05, 3.63) is 64.1 Å². The molecule has 0 amide bonds. The van der Waals surface area contributed by atoms with Crippen molar-refractivity contribution in [1.82, 2.24) is 0 Å². The Labute approximate surface area is 122 Å². The molecule has 2 rings (SSSR count). The van der Waals surface area contributed by atoms with Crippen molar-refractivity contribution in [3.63, 3.8) is 0 Å². The van der Waals surface area contributed by atoms with Crippen LogP contribution in [0.15, 0.2) is 53.0 Å². The van der Waals surface area contributed by atoms with E-state index in [9.17, 15) is 5.26 Å². The molecular formula is C16H15BrN2. The predicted molar refractivity (Wildman–Crippen MR) is 81.9 cm³/mol. The third kappa shape index (κ3) is 3.36. The largest absolute Gasteiger partial charge is 0.366 e. The Hall–Kier alpha value is -1.79. The molecule has 0 aliphatic carbocycles. The molecule has 0 fully saturated rings. The second-order valence-electron chi connectivity index (χ2n) is 4.27. The molecule has 0 bridgehead atoms. The third-order valence-electron chi connectivity index (χ3n) is 3.01. The van der Waals surface area contributed by atoms with E-state index in [0.717, 1.165) is 22.1 Å². The van der Waals surface area contributed by atoms with Crippen LogP contribution in [0.5, 0.6) is 0 Å². The number of hydrogen-bond acceptors (Lipinski definition) is 2. The minimum atomic E-state index is -0.328. The molecule has 1 atom stereocenters. The van der Waals surface area contributed by atoms with Crippen LogP contribution in [-0.4, -0.2) is 0 Å². The van der Waals surface area contributed by atoms with Crippen LogP contribution >= 0.6 is 15.9 Å². The zero-order chi connectivity index (χ0) is 13.7. The maximum Gasteiger partial charge on any atom is 0.140 e. The first-order chi connectivity index (χ1) is 9.24. The van der Waals surface area contributed by atoms with E-state index in [4.69, 9.17) is 0 Å². The Morgan fingerprint density at radius 3 is 2.68 bits per heavy atom. The fraction of sp³-hybridized carbons (Fsp3) is 0.188. The van der Waals surface area contributed by atoms with Crippen LogP contribution < -0.4 is 5.32 Å². The van der Waals surface area contributed by atoms with Gasteiger partial charge in [-0.3, -0.25) is 0 Å². The zero-order valence-corrected chi connectivity index (χ0v) is 12.3. The molecule has 0 aromatic heterocycles. The highest BCUT2D eigenvalue weighted by Gasteiger charge is 2.13. The van der Waals surface area contributed by atoms with Crippen molar-refractivity contribution < 1.29 is 0 Å². The summed E-state index contributed by atoms with van der Waals surface area (Å²) in [4.78, 5) is 0. The Kier molecular flexibility index (Phi) is 4.59. The van der Waals surface area contributed by atoms with Gasteiger partial charge in [-0.05, 0) is 35.7 Å². The van der Waals surface area contributed by atoms with Gasteiger partial charge in [-0.1, -0.05) is 53.2 Å². The van der Waals surface area contributed by atoms with Gasteiger partial charge in [0.05, 0.1) is 6.07 Å². The van der Waals surface area contributed by atoms with Crippen molar-refractivity contribution in [2.45, 2.75) is 19.4 Å². The van der Waals surface area contributed by atoms with Gasteiger partial charge in [0.25, 0.3) is 0 Å². The number of anilines is 1. The van der Waals surface area contributed by atoms with Crippen LogP contribution in [-0.2, 0) is 6.42 Å². The van der Waals surface area contributed by atoms with E-state index in [2.05, 4.69) is 40.3 Å². The van der Waals surface area contributed by atoms with Gasteiger partial charge in [0.2, 0.25) is 0 Å². The minimum Gasteiger partial charge on any atom is -0.366 e. The van der Waals surface area contributed by atoms with Crippen molar-refractivity contribution in [2.75, 3.05) is 5.32 Å². The van der Waals surface area contributed by atoms with Crippen LogP contribution in [0.2, 0.25) is 0 Å². The topological polar surface area (TPSA) is 35.8 Å². The van der Waals surface area contributed by atoms with Crippen LogP contribution in [0.3, 0.4) is 0 Å². The number of nitriles is 1. The highest BCUT2D eigenvalue weighted by molar-refractivity contribution is 9.10. The van der Waals surface area contributed by atoms with Gasteiger partial charge < -0.3 is 5.32 Å². The Morgan fingerprint density at radius 2 is 2.00 bits per heavy atom. The molecule has 2 nitrogen and oxygen atoms in total. The van der Waals surface area contributed by atoms with Gasteiger partial charge in [-0.25, -0.2) is 0 Å². The molecule has 0 radical (unpaired) electrons. The SMILES string of the molecule is CCc1ccccc1C(C#N)Nc1cccc(Br)c1. The van der Waals surface area contributed by atoms with Crippen LogP contribution in [0.4, 0.5) is 5.69 Å². The summed E-state index contributed by atoms with van der Waals surface area (Å²) in [6.45, 7) is 2.10. The second kappa shape index (κ2) is 6.40. The van der Waals surface area contributed by atoms with E-state index in [1.165, 1.54) is 5.56 Å². The normalized spacial score (nSPS) is 11.6. The first kappa shape index (κ1) is 13.6. The van der Waals surface area contributed by atoms with Crippen LogP contribution in [0.1, 0.15) is 24.1 Å². The summed E-state index contributed by atoms with van der Waals surface area (Å²) < 4.78 is 0.998. The second-order valence-corrected chi connectivity index (χ2v) is 5.18. The van der Waals surface area contributed by atoms with Crippen LogP contribution in [0, 0.1) is 11.3 Å². The number of halogens is 1. The van der Waals surface area contributed by atoms with Gasteiger partial charge in [0.15, 0.2) is 0 Å². The minimum absolute atomic E-state index is 0.328. The van der Waals surface area contributed by atoms with Crippen molar-refractivity contribution in [1.29, 1.82) is 5.26 Å². The summed E-state index contributed by atoms with van der Waals surface area (Å²) in [5.74, 6) is 0. The van der Waals surface area contributed by atoms with Gasteiger partial charge in [-0.2, -0.15) is 5.26 Å². The number of rotatable bonds is 4. The summed E-state index contributed by atoms with van der Waals surface area (Å²) in [5, 5.41) is 12.7. The Balaban J connectivity index is 2.28. The summed E-state index contributed by atoms with van der Waals surface area (Å²) >= 11 is 3.44. The van der Waals surface area contributed by atoms with Crippen molar-refractivity contribution in [2.24, 2.45) is 0 Å². The number of hydrogen-bond donors (Lipinski definition) is 1. The summed E-state index contributed by atoms with van der Waals surface area (Å²) in [6.07, 6.45) is 0.925. The molecule has 0 heterocycles. The molecule has 96 valence electrons. The fourth-order valence-electron chi connectivity index (χ4n) is 2.06. The molecule has 2 aromatic carbocycles. The first-order valence-electron chi connectivity index (χ1n) is 6.24.